The van der Waals surface area contributed by atoms with E-state index < -0.39 is 6.29 Å². The summed E-state index contributed by atoms with van der Waals surface area (Å²) in [6.45, 7) is 6.50. The summed E-state index contributed by atoms with van der Waals surface area (Å²) in [6, 6.07) is 0. The molecule has 1 rings (SSSR count). The first-order valence-electron chi connectivity index (χ1n) is 7.71. The van der Waals surface area contributed by atoms with Crippen LogP contribution in [0.25, 0.3) is 0 Å². The van der Waals surface area contributed by atoms with Crippen molar-refractivity contribution in [3.8, 4) is 0 Å². The molecule has 0 spiro atoms. The zero-order valence-corrected chi connectivity index (χ0v) is 12.2. The van der Waals surface area contributed by atoms with E-state index in [1.54, 1.807) is 0 Å². The van der Waals surface area contributed by atoms with Crippen molar-refractivity contribution in [1.29, 1.82) is 0 Å². The zero-order valence-electron chi connectivity index (χ0n) is 12.2. The molecule has 1 aliphatic rings. The predicted molar refractivity (Wildman–Crippen MR) is 73.2 cm³/mol. The topological polar surface area (TPSA) is 38.7 Å². The zero-order chi connectivity index (χ0) is 13.4. The Morgan fingerprint density at radius 2 is 1.50 bits per heavy atom. The summed E-state index contributed by atoms with van der Waals surface area (Å²) in [5.41, 5.74) is 0. The van der Waals surface area contributed by atoms with Gasteiger partial charge in [-0.05, 0) is 25.7 Å². The van der Waals surface area contributed by atoms with Crippen molar-refractivity contribution < 1.29 is 14.6 Å². The van der Waals surface area contributed by atoms with Gasteiger partial charge in [-0.25, -0.2) is 0 Å². The standard InChI is InChI=1S/C15H30O3/c1-4-7-10-13-12(9-6-3)15(16)18-14(17-13)11-8-5-2/h12-16H,4-11H2,1-3H3. The first-order chi connectivity index (χ1) is 8.72. The van der Waals surface area contributed by atoms with Gasteiger partial charge >= 0.3 is 0 Å². The Labute approximate surface area is 112 Å². The minimum atomic E-state index is -0.637. The molecule has 0 aromatic carbocycles. The van der Waals surface area contributed by atoms with E-state index in [0.29, 0.717) is 0 Å². The number of rotatable bonds is 8. The van der Waals surface area contributed by atoms with E-state index in [9.17, 15) is 5.11 Å². The molecule has 4 unspecified atom stereocenters. The van der Waals surface area contributed by atoms with Crippen LogP contribution in [0.2, 0.25) is 0 Å². The first kappa shape index (κ1) is 15.9. The summed E-state index contributed by atoms with van der Waals surface area (Å²) in [5, 5.41) is 10.1. The molecule has 3 nitrogen and oxygen atoms in total. The van der Waals surface area contributed by atoms with Crippen LogP contribution >= 0.6 is 0 Å². The molecule has 4 atom stereocenters. The van der Waals surface area contributed by atoms with Gasteiger partial charge in [-0.15, -0.1) is 0 Å². The molecule has 0 aromatic rings. The van der Waals surface area contributed by atoms with Crippen molar-refractivity contribution in [3.05, 3.63) is 0 Å². The molecule has 1 N–H and O–H groups in total. The highest BCUT2D eigenvalue weighted by Gasteiger charge is 2.37. The fourth-order valence-corrected chi connectivity index (χ4v) is 2.62. The Morgan fingerprint density at radius 3 is 2.11 bits per heavy atom. The maximum Gasteiger partial charge on any atom is 0.162 e. The van der Waals surface area contributed by atoms with Gasteiger partial charge in [0.2, 0.25) is 0 Å². The van der Waals surface area contributed by atoms with E-state index in [4.69, 9.17) is 9.47 Å². The van der Waals surface area contributed by atoms with Crippen LogP contribution in [0.15, 0.2) is 0 Å². The molecule has 3 heteroatoms. The third kappa shape index (κ3) is 4.87. The van der Waals surface area contributed by atoms with E-state index in [-0.39, 0.29) is 18.3 Å². The maximum atomic E-state index is 10.1. The Morgan fingerprint density at radius 1 is 0.833 bits per heavy atom. The molecule has 0 saturated carbocycles. The number of aliphatic hydroxyl groups is 1. The van der Waals surface area contributed by atoms with Gasteiger partial charge in [-0.2, -0.15) is 0 Å². The minimum Gasteiger partial charge on any atom is -0.368 e. The predicted octanol–water partition coefficient (Wildman–Crippen LogP) is 3.84. The van der Waals surface area contributed by atoms with Gasteiger partial charge in [-0.3, -0.25) is 0 Å². The van der Waals surface area contributed by atoms with Gasteiger partial charge in [0.1, 0.15) is 0 Å². The van der Waals surface area contributed by atoms with E-state index >= 15 is 0 Å². The molecule has 1 saturated heterocycles. The van der Waals surface area contributed by atoms with Gasteiger partial charge in [-0.1, -0.05) is 46.5 Å². The van der Waals surface area contributed by atoms with Crippen LogP contribution in [0.1, 0.15) is 72.1 Å². The second-order valence-electron chi connectivity index (χ2n) is 5.37. The van der Waals surface area contributed by atoms with E-state index in [1.807, 2.05) is 0 Å². The second-order valence-corrected chi connectivity index (χ2v) is 5.37. The molecule has 0 aromatic heterocycles. The smallest absolute Gasteiger partial charge is 0.162 e. The quantitative estimate of drug-likeness (QED) is 0.719. The number of hydrogen-bond donors (Lipinski definition) is 1. The molecular formula is C15H30O3. The van der Waals surface area contributed by atoms with Gasteiger partial charge in [0.05, 0.1) is 6.10 Å². The van der Waals surface area contributed by atoms with Crippen LogP contribution in [0.5, 0.6) is 0 Å². The summed E-state index contributed by atoms with van der Waals surface area (Å²) < 4.78 is 11.6. The summed E-state index contributed by atoms with van der Waals surface area (Å²) in [4.78, 5) is 0. The highest BCUT2D eigenvalue weighted by molar-refractivity contribution is 4.77. The Hall–Kier alpha value is -0.120. The summed E-state index contributed by atoms with van der Waals surface area (Å²) in [5.74, 6) is 0.152. The Kier molecular flexibility index (Phi) is 7.87. The van der Waals surface area contributed by atoms with Gasteiger partial charge < -0.3 is 14.6 Å². The average Bonchev–Trinajstić information content (AvgIpc) is 2.37. The molecule has 1 heterocycles. The molecular weight excluding hydrogens is 228 g/mol. The lowest BCUT2D eigenvalue weighted by molar-refractivity contribution is -0.324. The van der Waals surface area contributed by atoms with E-state index in [1.165, 1.54) is 6.42 Å². The number of unbranched alkanes of at least 4 members (excludes halogenated alkanes) is 2. The van der Waals surface area contributed by atoms with Crippen molar-refractivity contribution in [3.63, 3.8) is 0 Å². The number of ether oxygens (including phenoxy) is 2. The molecule has 108 valence electrons. The van der Waals surface area contributed by atoms with Crippen LogP contribution in [-0.4, -0.2) is 23.8 Å². The van der Waals surface area contributed by atoms with Gasteiger partial charge in [0.25, 0.3) is 0 Å². The summed E-state index contributed by atoms with van der Waals surface area (Å²) in [6.07, 6.45) is 7.90. The van der Waals surface area contributed by atoms with Gasteiger partial charge in [0, 0.05) is 5.92 Å². The highest BCUT2D eigenvalue weighted by atomic mass is 16.7. The molecule has 1 fully saturated rings. The number of hydrogen-bond acceptors (Lipinski definition) is 3. The van der Waals surface area contributed by atoms with E-state index in [0.717, 1.165) is 44.9 Å². The van der Waals surface area contributed by atoms with Crippen molar-refractivity contribution >= 4 is 0 Å². The fraction of sp³-hybridized carbons (Fsp3) is 1.00. The van der Waals surface area contributed by atoms with Crippen molar-refractivity contribution in [1.82, 2.24) is 0 Å². The summed E-state index contributed by atoms with van der Waals surface area (Å²) >= 11 is 0. The Bertz CT molecular complexity index is 208. The molecule has 1 aliphatic heterocycles. The van der Waals surface area contributed by atoms with Crippen LogP contribution in [0, 0.1) is 5.92 Å². The van der Waals surface area contributed by atoms with Crippen molar-refractivity contribution in [2.45, 2.75) is 90.8 Å². The SMILES string of the molecule is CCCCC1OC(O)C(CCC)C(CCCC)O1. The lowest BCUT2D eigenvalue weighted by atomic mass is 9.91. The molecule has 0 amide bonds. The van der Waals surface area contributed by atoms with Crippen molar-refractivity contribution in [2.75, 3.05) is 0 Å². The van der Waals surface area contributed by atoms with E-state index in [2.05, 4.69) is 20.8 Å². The maximum absolute atomic E-state index is 10.1. The third-order valence-electron chi connectivity index (χ3n) is 3.72. The largest absolute Gasteiger partial charge is 0.368 e. The fourth-order valence-electron chi connectivity index (χ4n) is 2.62. The van der Waals surface area contributed by atoms with Crippen LogP contribution in [-0.2, 0) is 9.47 Å². The highest BCUT2D eigenvalue weighted by Crippen LogP contribution is 2.31. The lowest BCUT2D eigenvalue weighted by Crippen LogP contribution is -2.46. The minimum absolute atomic E-state index is 0.152. The Balaban J connectivity index is 2.53. The molecule has 0 radical (unpaired) electrons. The average molecular weight is 258 g/mol. The third-order valence-corrected chi connectivity index (χ3v) is 3.72. The van der Waals surface area contributed by atoms with Gasteiger partial charge in [0.15, 0.2) is 12.6 Å². The van der Waals surface area contributed by atoms with Crippen LogP contribution in [0.3, 0.4) is 0 Å². The monoisotopic (exact) mass is 258 g/mol. The lowest BCUT2D eigenvalue weighted by Gasteiger charge is -2.40. The molecule has 0 aliphatic carbocycles. The first-order valence-corrected chi connectivity index (χ1v) is 7.71. The summed E-state index contributed by atoms with van der Waals surface area (Å²) in [7, 11) is 0. The van der Waals surface area contributed by atoms with Crippen molar-refractivity contribution in [2.24, 2.45) is 5.92 Å². The second kappa shape index (κ2) is 8.89. The molecule has 0 bridgehead atoms. The van der Waals surface area contributed by atoms with Crippen LogP contribution in [0.4, 0.5) is 0 Å². The normalized spacial score (nSPS) is 32.7. The van der Waals surface area contributed by atoms with Crippen LogP contribution < -0.4 is 0 Å². The molecule has 18 heavy (non-hydrogen) atoms. The number of aliphatic hydroxyl groups excluding tert-OH is 1.